The van der Waals surface area contributed by atoms with Gasteiger partial charge in [0.1, 0.15) is 0 Å². The molecule has 0 unspecified atom stereocenters. The van der Waals surface area contributed by atoms with Crippen LogP contribution in [-0.2, 0) is 19.4 Å². The van der Waals surface area contributed by atoms with Gasteiger partial charge in [-0.25, -0.2) is 0 Å². The van der Waals surface area contributed by atoms with Crippen LogP contribution < -0.4 is 15.8 Å². The van der Waals surface area contributed by atoms with Gasteiger partial charge in [0.05, 0.1) is 0 Å². The van der Waals surface area contributed by atoms with Crippen molar-refractivity contribution in [3.8, 4) is 11.1 Å². The third-order valence-corrected chi connectivity index (χ3v) is 6.15. The lowest BCUT2D eigenvalue weighted by Crippen LogP contribution is -2.30. The lowest BCUT2D eigenvalue weighted by Gasteiger charge is -2.21. The normalized spacial score (nSPS) is 12.9. The van der Waals surface area contributed by atoms with Gasteiger partial charge in [-0.1, -0.05) is 24.3 Å². The van der Waals surface area contributed by atoms with E-state index in [0.717, 1.165) is 53.8 Å². The number of hydrogen-bond donors (Lipinski definition) is 2. The van der Waals surface area contributed by atoms with Crippen molar-refractivity contribution in [1.29, 1.82) is 0 Å². The molecule has 0 radical (unpaired) electrons. The molecule has 1 aliphatic carbocycles. The van der Waals surface area contributed by atoms with Gasteiger partial charge in [0, 0.05) is 43.1 Å². The van der Waals surface area contributed by atoms with E-state index in [-0.39, 0.29) is 18.0 Å². The van der Waals surface area contributed by atoms with Gasteiger partial charge in [-0.15, -0.1) is 0 Å². The number of anilines is 1. The third-order valence-electron chi connectivity index (χ3n) is 6.15. The molecule has 1 heterocycles. The highest BCUT2D eigenvalue weighted by atomic mass is 16.1. The van der Waals surface area contributed by atoms with Crippen molar-refractivity contribution < 1.29 is 4.79 Å². The predicted molar refractivity (Wildman–Crippen MR) is 126 cm³/mol. The Morgan fingerprint density at radius 3 is 2.13 bits per heavy atom. The summed E-state index contributed by atoms with van der Waals surface area (Å²) < 4.78 is 0. The summed E-state index contributed by atoms with van der Waals surface area (Å²) in [6.45, 7) is 2.22. The van der Waals surface area contributed by atoms with Gasteiger partial charge in [0.15, 0.2) is 0 Å². The number of rotatable bonds is 5. The maximum atomic E-state index is 12.7. The van der Waals surface area contributed by atoms with Crippen LogP contribution >= 0.6 is 0 Å². The molecule has 1 aromatic heterocycles. The van der Waals surface area contributed by atoms with Crippen LogP contribution in [0.1, 0.15) is 45.6 Å². The maximum absolute atomic E-state index is 12.7. The molecule has 0 fully saturated rings. The van der Waals surface area contributed by atoms with Crippen LogP contribution in [0.25, 0.3) is 11.1 Å². The number of fused-ring (bicyclic) bond motifs is 1. The molecule has 1 amide bonds. The summed E-state index contributed by atoms with van der Waals surface area (Å²) in [5.41, 5.74) is 7.86. The van der Waals surface area contributed by atoms with Crippen LogP contribution in [-0.4, -0.2) is 25.0 Å². The quantitative estimate of drug-likeness (QED) is 0.656. The zero-order chi connectivity index (χ0) is 22.0. The zero-order valence-electron chi connectivity index (χ0n) is 18.4. The van der Waals surface area contributed by atoms with Crippen molar-refractivity contribution in [2.75, 3.05) is 19.0 Å². The second kappa shape index (κ2) is 8.80. The second-order valence-corrected chi connectivity index (χ2v) is 8.42. The van der Waals surface area contributed by atoms with Gasteiger partial charge >= 0.3 is 0 Å². The van der Waals surface area contributed by atoms with E-state index >= 15 is 0 Å². The van der Waals surface area contributed by atoms with Gasteiger partial charge in [-0.05, 0) is 79.1 Å². The molecule has 31 heavy (non-hydrogen) atoms. The van der Waals surface area contributed by atoms with Crippen LogP contribution in [0, 0.1) is 6.92 Å². The molecule has 160 valence electrons. The van der Waals surface area contributed by atoms with E-state index in [1.807, 2.05) is 45.3 Å². The van der Waals surface area contributed by atoms with Gasteiger partial charge in [0.2, 0.25) is 0 Å². The number of nitrogens with one attached hydrogen (secondary N) is 2. The van der Waals surface area contributed by atoms with Gasteiger partial charge in [-0.3, -0.25) is 9.59 Å². The van der Waals surface area contributed by atoms with E-state index in [1.165, 1.54) is 5.56 Å². The summed E-state index contributed by atoms with van der Waals surface area (Å²) in [6.07, 6.45) is 4.15. The number of pyridine rings is 1. The molecule has 5 heteroatoms. The summed E-state index contributed by atoms with van der Waals surface area (Å²) in [4.78, 5) is 30.2. The maximum Gasteiger partial charge on any atom is 0.253 e. The van der Waals surface area contributed by atoms with Crippen LogP contribution in [0.5, 0.6) is 0 Å². The van der Waals surface area contributed by atoms with E-state index in [4.69, 9.17) is 0 Å². The first-order valence-electron chi connectivity index (χ1n) is 10.8. The molecule has 1 aliphatic rings. The van der Waals surface area contributed by atoms with E-state index in [1.54, 1.807) is 0 Å². The number of hydrogen-bond acceptors (Lipinski definition) is 3. The largest absolute Gasteiger partial charge is 0.378 e. The van der Waals surface area contributed by atoms with Crippen LogP contribution in [0.15, 0.2) is 53.3 Å². The number of aromatic nitrogens is 1. The minimum absolute atomic E-state index is 0.0880. The van der Waals surface area contributed by atoms with Crippen LogP contribution in [0.4, 0.5) is 5.69 Å². The van der Waals surface area contributed by atoms with E-state index in [9.17, 15) is 9.59 Å². The number of carbonyl (C=O) groups excluding carboxylic acids is 1. The summed E-state index contributed by atoms with van der Waals surface area (Å²) in [5, 5.41) is 2.94. The lowest BCUT2D eigenvalue weighted by molar-refractivity contribution is 0.0950. The Kier molecular flexibility index (Phi) is 5.94. The Morgan fingerprint density at radius 2 is 1.52 bits per heavy atom. The highest BCUT2D eigenvalue weighted by molar-refractivity contribution is 5.94. The molecule has 0 atom stereocenters. The lowest BCUT2D eigenvalue weighted by atomic mass is 9.88. The summed E-state index contributed by atoms with van der Waals surface area (Å²) in [5.74, 6) is -0.168. The van der Waals surface area contributed by atoms with E-state index in [2.05, 4.69) is 39.5 Å². The zero-order valence-corrected chi connectivity index (χ0v) is 18.4. The van der Waals surface area contributed by atoms with Crippen molar-refractivity contribution >= 4 is 11.6 Å². The Balaban J connectivity index is 1.47. The molecule has 0 spiro atoms. The summed E-state index contributed by atoms with van der Waals surface area (Å²) >= 11 is 0. The number of amides is 1. The van der Waals surface area contributed by atoms with Gasteiger partial charge in [-0.2, -0.15) is 0 Å². The molecule has 0 aliphatic heterocycles. The molecule has 0 bridgehead atoms. The Bertz CT molecular complexity index is 1140. The average Bonchev–Trinajstić information content (AvgIpc) is 2.79. The van der Waals surface area contributed by atoms with Gasteiger partial charge < -0.3 is 15.2 Å². The molecule has 4 rings (SSSR count). The fourth-order valence-electron chi connectivity index (χ4n) is 4.33. The number of benzene rings is 2. The minimum atomic E-state index is -0.168. The average molecular weight is 416 g/mol. The first-order valence-corrected chi connectivity index (χ1v) is 10.8. The molecule has 5 nitrogen and oxygen atoms in total. The number of nitrogens with zero attached hydrogens (tertiary/aromatic N) is 1. The van der Waals surface area contributed by atoms with Crippen molar-refractivity contribution in [2.45, 2.75) is 39.2 Å². The monoisotopic (exact) mass is 415 g/mol. The number of carbonyl (C=O) groups is 1. The first kappa shape index (κ1) is 20.9. The molecule has 0 saturated heterocycles. The highest BCUT2D eigenvalue weighted by Crippen LogP contribution is 2.25. The Labute approximate surface area is 183 Å². The Morgan fingerprint density at radius 1 is 0.935 bits per heavy atom. The molecular formula is C26H29N3O2. The predicted octanol–water partition coefficient (Wildman–Crippen LogP) is 4.23. The molecular weight excluding hydrogens is 386 g/mol. The fourth-order valence-corrected chi connectivity index (χ4v) is 4.33. The molecule has 2 N–H and O–H groups in total. The van der Waals surface area contributed by atoms with E-state index in [0.29, 0.717) is 11.1 Å². The van der Waals surface area contributed by atoms with Crippen LogP contribution in [0.2, 0.25) is 0 Å². The number of H-pyrrole nitrogens is 1. The van der Waals surface area contributed by atoms with Crippen molar-refractivity contribution in [2.24, 2.45) is 0 Å². The topological polar surface area (TPSA) is 65.2 Å². The number of aryl methyl sites for hydroxylation is 1. The second-order valence-electron chi connectivity index (χ2n) is 8.42. The standard InChI is InChI=1S/C26H29N3O2/c1-17-22-6-4-5-7-23(22)24(26(31)28-17)16-27-25(30)20-10-8-18(9-11-20)19-12-14-21(15-13-19)29(2)3/h8-15H,4-7,16H2,1-3H3,(H,27,30)(H,28,31). The summed E-state index contributed by atoms with van der Waals surface area (Å²) in [7, 11) is 4.03. The highest BCUT2D eigenvalue weighted by Gasteiger charge is 2.19. The fraction of sp³-hybridized carbons (Fsp3) is 0.308. The smallest absolute Gasteiger partial charge is 0.253 e. The molecule has 2 aromatic carbocycles. The van der Waals surface area contributed by atoms with Crippen LogP contribution in [0.3, 0.4) is 0 Å². The summed E-state index contributed by atoms with van der Waals surface area (Å²) in [6, 6.07) is 15.9. The van der Waals surface area contributed by atoms with E-state index < -0.39 is 0 Å². The minimum Gasteiger partial charge on any atom is -0.378 e. The third kappa shape index (κ3) is 4.41. The van der Waals surface area contributed by atoms with Crippen molar-refractivity contribution in [1.82, 2.24) is 10.3 Å². The number of aromatic amines is 1. The van der Waals surface area contributed by atoms with Crippen molar-refractivity contribution in [3.05, 3.63) is 86.8 Å². The van der Waals surface area contributed by atoms with Crippen molar-refractivity contribution in [3.63, 3.8) is 0 Å². The Hall–Kier alpha value is -3.34. The first-order chi connectivity index (χ1) is 14.9. The van der Waals surface area contributed by atoms with Gasteiger partial charge in [0.25, 0.3) is 11.5 Å². The molecule has 3 aromatic rings. The molecule has 0 saturated carbocycles. The SMILES string of the molecule is Cc1[nH]c(=O)c(CNC(=O)c2ccc(-c3ccc(N(C)C)cc3)cc2)c2c1CCCC2.